The van der Waals surface area contributed by atoms with E-state index in [-0.39, 0.29) is 5.91 Å². The van der Waals surface area contributed by atoms with E-state index in [0.29, 0.717) is 12.2 Å². The Labute approximate surface area is 129 Å². The summed E-state index contributed by atoms with van der Waals surface area (Å²) in [5.41, 5.74) is 2.59. The van der Waals surface area contributed by atoms with Crippen molar-refractivity contribution in [3.05, 3.63) is 84.2 Å². The molecule has 1 N–H and O–H groups in total. The molecule has 0 atom stereocenters. The fraction of sp³-hybridized carbons (Fsp3) is 0.111. The first-order chi connectivity index (χ1) is 10.8. The molecule has 4 nitrogen and oxygen atoms in total. The van der Waals surface area contributed by atoms with E-state index in [1.807, 2.05) is 48.5 Å². The number of rotatable bonds is 5. The van der Waals surface area contributed by atoms with Gasteiger partial charge in [0.2, 0.25) is 0 Å². The van der Waals surface area contributed by atoms with Crippen LogP contribution in [0.3, 0.4) is 0 Å². The molecule has 0 unspecified atom stereocenters. The number of nitrogens with zero attached hydrogens (tertiary/aromatic N) is 2. The SMILES string of the molecule is O=C(c1ccn[nH]1)N(CCc1ccccc1)c1ccccc1. The number of H-pyrrole nitrogens is 1. The van der Waals surface area contributed by atoms with Crippen LogP contribution in [0, 0.1) is 0 Å². The van der Waals surface area contributed by atoms with Gasteiger partial charge in [0.1, 0.15) is 5.69 Å². The molecule has 1 amide bonds. The molecule has 0 bridgehead atoms. The lowest BCUT2D eigenvalue weighted by atomic mass is 10.1. The molecule has 0 saturated carbocycles. The summed E-state index contributed by atoms with van der Waals surface area (Å²) in [6.45, 7) is 0.617. The van der Waals surface area contributed by atoms with Crippen LogP contribution in [0.2, 0.25) is 0 Å². The van der Waals surface area contributed by atoms with Gasteiger partial charge in [-0.1, -0.05) is 48.5 Å². The van der Waals surface area contributed by atoms with Gasteiger partial charge in [0, 0.05) is 18.4 Å². The molecule has 0 saturated heterocycles. The van der Waals surface area contributed by atoms with Crippen molar-refractivity contribution in [2.24, 2.45) is 0 Å². The van der Waals surface area contributed by atoms with Crippen molar-refractivity contribution in [2.45, 2.75) is 6.42 Å². The normalized spacial score (nSPS) is 10.4. The van der Waals surface area contributed by atoms with Gasteiger partial charge in [0.05, 0.1) is 0 Å². The summed E-state index contributed by atoms with van der Waals surface area (Å²) in [6.07, 6.45) is 2.39. The Morgan fingerprint density at radius 3 is 2.27 bits per heavy atom. The molecule has 0 aliphatic heterocycles. The van der Waals surface area contributed by atoms with Gasteiger partial charge < -0.3 is 4.90 Å². The maximum atomic E-state index is 12.7. The summed E-state index contributed by atoms with van der Waals surface area (Å²) in [6, 6.07) is 21.6. The average Bonchev–Trinajstić information content (AvgIpc) is 3.11. The highest BCUT2D eigenvalue weighted by Crippen LogP contribution is 2.17. The van der Waals surface area contributed by atoms with Crippen molar-refractivity contribution < 1.29 is 4.79 Å². The first-order valence-corrected chi connectivity index (χ1v) is 7.25. The van der Waals surface area contributed by atoms with E-state index in [0.717, 1.165) is 12.1 Å². The van der Waals surface area contributed by atoms with Gasteiger partial charge in [-0.05, 0) is 30.2 Å². The molecule has 1 aromatic heterocycles. The third-order valence-electron chi connectivity index (χ3n) is 3.51. The summed E-state index contributed by atoms with van der Waals surface area (Å²) in [5, 5.41) is 6.61. The second-order valence-electron chi connectivity index (χ2n) is 5.00. The lowest BCUT2D eigenvalue weighted by Crippen LogP contribution is -2.33. The highest BCUT2D eigenvalue weighted by Gasteiger charge is 2.18. The van der Waals surface area contributed by atoms with Crippen molar-refractivity contribution in [3.63, 3.8) is 0 Å². The quantitative estimate of drug-likeness (QED) is 0.784. The van der Waals surface area contributed by atoms with Gasteiger partial charge in [-0.15, -0.1) is 0 Å². The molecule has 3 aromatic rings. The van der Waals surface area contributed by atoms with Gasteiger partial charge in [0.25, 0.3) is 5.91 Å². The fourth-order valence-corrected chi connectivity index (χ4v) is 2.36. The standard InChI is InChI=1S/C18H17N3O/c22-18(17-11-13-19-20-17)21(16-9-5-2-6-10-16)14-12-15-7-3-1-4-8-15/h1-11,13H,12,14H2,(H,19,20). The van der Waals surface area contributed by atoms with Crippen LogP contribution in [-0.4, -0.2) is 22.6 Å². The molecule has 3 rings (SSSR count). The van der Waals surface area contributed by atoms with Crippen molar-refractivity contribution in [2.75, 3.05) is 11.4 Å². The van der Waals surface area contributed by atoms with E-state index in [4.69, 9.17) is 0 Å². The lowest BCUT2D eigenvalue weighted by molar-refractivity contribution is 0.0982. The van der Waals surface area contributed by atoms with E-state index in [2.05, 4.69) is 22.3 Å². The zero-order valence-corrected chi connectivity index (χ0v) is 12.1. The summed E-state index contributed by atoms with van der Waals surface area (Å²) in [7, 11) is 0. The Morgan fingerprint density at radius 2 is 1.64 bits per heavy atom. The highest BCUT2D eigenvalue weighted by molar-refractivity contribution is 6.04. The maximum Gasteiger partial charge on any atom is 0.276 e. The van der Waals surface area contributed by atoms with Crippen LogP contribution in [-0.2, 0) is 6.42 Å². The number of aromatic amines is 1. The van der Waals surface area contributed by atoms with Crippen LogP contribution in [0.15, 0.2) is 72.9 Å². The van der Waals surface area contributed by atoms with Crippen molar-refractivity contribution >= 4 is 11.6 Å². The van der Waals surface area contributed by atoms with Crippen LogP contribution < -0.4 is 4.90 Å². The van der Waals surface area contributed by atoms with Gasteiger partial charge in [0.15, 0.2) is 0 Å². The smallest absolute Gasteiger partial charge is 0.276 e. The summed E-state index contributed by atoms with van der Waals surface area (Å²) >= 11 is 0. The number of para-hydroxylation sites is 1. The molecule has 22 heavy (non-hydrogen) atoms. The van der Waals surface area contributed by atoms with Gasteiger partial charge in [-0.2, -0.15) is 5.10 Å². The number of hydrogen-bond donors (Lipinski definition) is 1. The van der Waals surface area contributed by atoms with Gasteiger partial charge in [-0.3, -0.25) is 9.89 Å². The number of nitrogens with one attached hydrogen (secondary N) is 1. The largest absolute Gasteiger partial charge is 0.307 e. The minimum atomic E-state index is -0.0698. The second kappa shape index (κ2) is 6.72. The average molecular weight is 291 g/mol. The molecule has 110 valence electrons. The first kappa shape index (κ1) is 14.1. The minimum absolute atomic E-state index is 0.0698. The number of carbonyl (C=O) groups is 1. The van der Waals surface area contributed by atoms with E-state index < -0.39 is 0 Å². The molecular weight excluding hydrogens is 274 g/mol. The highest BCUT2D eigenvalue weighted by atomic mass is 16.2. The van der Waals surface area contributed by atoms with Crippen molar-refractivity contribution in [1.82, 2.24) is 10.2 Å². The Bertz CT molecular complexity index is 709. The third-order valence-corrected chi connectivity index (χ3v) is 3.51. The molecule has 0 radical (unpaired) electrons. The van der Waals surface area contributed by atoms with Crippen molar-refractivity contribution in [1.29, 1.82) is 0 Å². The predicted molar refractivity (Wildman–Crippen MR) is 86.9 cm³/mol. The molecular formula is C18H17N3O. The number of benzene rings is 2. The number of carbonyl (C=O) groups excluding carboxylic acids is 1. The first-order valence-electron chi connectivity index (χ1n) is 7.25. The van der Waals surface area contributed by atoms with E-state index in [9.17, 15) is 4.79 Å². The molecule has 0 aliphatic rings. The Hall–Kier alpha value is -2.88. The van der Waals surface area contributed by atoms with Gasteiger partial charge >= 0.3 is 0 Å². The van der Waals surface area contributed by atoms with Crippen LogP contribution >= 0.6 is 0 Å². The number of amides is 1. The van der Waals surface area contributed by atoms with E-state index in [1.54, 1.807) is 17.2 Å². The van der Waals surface area contributed by atoms with Crippen molar-refractivity contribution in [3.8, 4) is 0 Å². The Balaban J connectivity index is 1.82. The number of hydrogen-bond acceptors (Lipinski definition) is 2. The number of aromatic nitrogens is 2. The monoisotopic (exact) mass is 291 g/mol. The molecule has 2 aromatic carbocycles. The topological polar surface area (TPSA) is 49.0 Å². The maximum absolute atomic E-state index is 12.7. The zero-order valence-electron chi connectivity index (χ0n) is 12.1. The molecule has 0 aliphatic carbocycles. The second-order valence-corrected chi connectivity index (χ2v) is 5.00. The van der Waals surface area contributed by atoms with Crippen LogP contribution in [0.5, 0.6) is 0 Å². The lowest BCUT2D eigenvalue weighted by Gasteiger charge is -2.22. The van der Waals surface area contributed by atoms with Crippen LogP contribution in [0.1, 0.15) is 16.1 Å². The summed E-state index contributed by atoms with van der Waals surface area (Å²) in [5.74, 6) is -0.0698. The molecule has 0 spiro atoms. The predicted octanol–water partition coefficient (Wildman–Crippen LogP) is 3.30. The Kier molecular flexibility index (Phi) is 4.30. The van der Waals surface area contributed by atoms with E-state index in [1.165, 1.54) is 5.56 Å². The van der Waals surface area contributed by atoms with Crippen LogP contribution in [0.4, 0.5) is 5.69 Å². The fourth-order valence-electron chi connectivity index (χ4n) is 2.36. The molecule has 4 heteroatoms. The third kappa shape index (κ3) is 3.23. The molecule has 1 heterocycles. The summed E-state index contributed by atoms with van der Waals surface area (Å²) in [4.78, 5) is 14.5. The summed E-state index contributed by atoms with van der Waals surface area (Å²) < 4.78 is 0. The van der Waals surface area contributed by atoms with Crippen LogP contribution in [0.25, 0.3) is 0 Å². The van der Waals surface area contributed by atoms with E-state index >= 15 is 0 Å². The molecule has 0 fully saturated rings. The minimum Gasteiger partial charge on any atom is -0.307 e. The zero-order chi connectivity index (χ0) is 15.2. The Morgan fingerprint density at radius 1 is 0.955 bits per heavy atom. The number of anilines is 1. The van der Waals surface area contributed by atoms with Gasteiger partial charge in [-0.25, -0.2) is 0 Å².